The number of aromatic nitrogens is 2. The number of ether oxygens (including phenoxy) is 1. The number of hydrogen-bond donors (Lipinski definition) is 2. The number of carbonyl (C=O) groups excluding carboxylic acids is 2. The van der Waals surface area contributed by atoms with Crippen LogP contribution in [0.5, 0.6) is 0 Å². The number of esters is 1. The van der Waals surface area contributed by atoms with Crippen LogP contribution in [0.4, 0.5) is 0 Å². The van der Waals surface area contributed by atoms with Crippen molar-refractivity contribution >= 4 is 28.9 Å². The summed E-state index contributed by atoms with van der Waals surface area (Å²) in [6.45, 7) is 6.40. The molecule has 2 N–H and O–H groups in total. The van der Waals surface area contributed by atoms with Crippen molar-refractivity contribution in [1.29, 1.82) is 5.26 Å². The van der Waals surface area contributed by atoms with Gasteiger partial charge in [0, 0.05) is 40.7 Å². The summed E-state index contributed by atoms with van der Waals surface area (Å²) in [4.78, 5) is 27.9. The van der Waals surface area contributed by atoms with E-state index < -0.39 is 5.91 Å². The first kappa shape index (κ1) is 24.6. The molecule has 0 atom stereocenters. The second-order valence-electron chi connectivity index (χ2n) is 8.46. The number of nitrogens with one attached hydrogen (secondary N) is 2. The monoisotopic (exact) mass is 480 g/mol. The molecule has 182 valence electrons. The average Bonchev–Trinajstić information content (AvgIpc) is 3.42. The summed E-state index contributed by atoms with van der Waals surface area (Å²) < 4.78 is 7.07. The highest BCUT2D eigenvalue weighted by atomic mass is 16.5. The Bertz CT molecular complexity index is 1480. The van der Waals surface area contributed by atoms with Gasteiger partial charge in [-0.1, -0.05) is 18.2 Å². The van der Waals surface area contributed by atoms with Crippen molar-refractivity contribution in [3.05, 3.63) is 94.4 Å². The Kier molecular flexibility index (Phi) is 7.36. The van der Waals surface area contributed by atoms with E-state index in [1.807, 2.05) is 73.1 Å². The van der Waals surface area contributed by atoms with E-state index in [0.29, 0.717) is 25.1 Å². The molecule has 0 fully saturated rings. The summed E-state index contributed by atoms with van der Waals surface area (Å²) in [5.41, 5.74) is 6.19. The molecular weight excluding hydrogens is 452 g/mol. The van der Waals surface area contributed by atoms with E-state index in [0.717, 1.165) is 39.1 Å². The molecule has 0 radical (unpaired) electrons. The van der Waals surface area contributed by atoms with E-state index in [9.17, 15) is 14.9 Å². The quantitative estimate of drug-likeness (QED) is 0.210. The lowest BCUT2D eigenvalue weighted by Gasteiger charge is -2.10. The van der Waals surface area contributed by atoms with Crippen molar-refractivity contribution in [3.63, 3.8) is 0 Å². The molecule has 0 aliphatic carbocycles. The van der Waals surface area contributed by atoms with Gasteiger partial charge in [0.15, 0.2) is 0 Å². The first-order chi connectivity index (χ1) is 17.4. The summed E-state index contributed by atoms with van der Waals surface area (Å²) in [5.74, 6) is -0.760. The molecule has 0 saturated carbocycles. The van der Waals surface area contributed by atoms with E-state index in [1.165, 1.54) is 0 Å². The first-order valence-electron chi connectivity index (χ1n) is 11.8. The lowest BCUT2D eigenvalue weighted by Crippen LogP contribution is -2.26. The van der Waals surface area contributed by atoms with E-state index in [-0.39, 0.29) is 11.5 Å². The highest BCUT2D eigenvalue weighted by molar-refractivity contribution is 6.01. The molecule has 1 amide bonds. The number of amides is 1. The highest BCUT2D eigenvalue weighted by Gasteiger charge is 2.15. The van der Waals surface area contributed by atoms with Crippen LogP contribution >= 0.6 is 0 Å². The number of hydrogen-bond acceptors (Lipinski definition) is 4. The number of fused-ring (bicyclic) bond motifs is 1. The molecule has 36 heavy (non-hydrogen) atoms. The maximum Gasteiger partial charge on any atom is 0.338 e. The van der Waals surface area contributed by atoms with Gasteiger partial charge in [-0.3, -0.25) is 4.79 Å². The van der Waals surface area contributed by atoms with Crippen molar-refractivity contribution < 1.29 is 14.3 Å². The highest BCUT2D eigenvalue weighted by Crippen LogP contribution is 2.23. The molecule has 7 nitrogen and oxygen atoms in total. The van der Waals surface area contributed by atoms with Gasteiger partial charge in [0.25, 0.3) is 5.91 Å². The molecule has 0 bridgehead atoms. The van der Waals surface area contributed by atoms with E-state index >= 15 is 0 Å². The molecule has 0 spiro atoms. The Hall–Kier alpha value is -4.57. The molecule has 4 aromatic rings. The van der Waals surface area contributed by atoms with Gasteiger partial charge in [-0.25, -0.2) is 4.79 Å². The summed E-state index contributed by atoms with van der Waals surface area (Å²) >= 11 is 0. The van der Waals surface area contributed by atoms with Gasteiger partial charge in [-0.05, 0) is 80.8 Å². The van der Waals surface area contributed by atoms with E-state index in [4.69, 9.17) is 4.74 Å². The predicted octanol–water partition coefficient (Wildman–Crippen LogP) is 5.02. The number of benzene rings is 2. The number of H-pyrrole nitrogens is 1. The summed E-state index contributed by atoms with van der Waals surface area (Å²) in [5, 5.41) is 13.7. The number of carbonyl (C=O) groups is 2. The molecule has 0 saturated heterocycles. The van der Waals surface area contributed by atoms with Crippen LogP contribution in [0, 0.1) is 25.2 Å². The lowest BCUT2D eigenvalue weighted by atomic mass is 10.1. The van der Waals surface area contributed by atoms with Crippen molar-refractivity contribution in [1.82, 2.24) is 14.9 Å². The maximum absolute atomic E-state index is 12.7. The van der Waals surface area contributed by atoms with Crippen LogP contribution in [0.3, 0.4) is 0 Å². The number of para-hydroxylation sites is 1. The average molecular weight is 481 g/mol. The SMILES string of the molecule is CCOC(=O)c1ccc(-n2c(C)cc(/C=C(/C#N)C(=O)NCCc3c[nH]c4ccccc34)c2C)cc1. The largest absolute Gasteiger partial charge is 0.462 e. The van der Waals surface area contributed by atoms with E-state index in [1.54, 1.807) is 25.1 Å². The van der Waals surface area contributed by atoms with Crippen LogP contribution in [0.15, 0.2) is 66.4 Å². The number of nitriles is 1. The van der Waals surface area contributed by atoms with Crippen molar-refractivity contribution in [2.45, 2.75) is 27.2 Å². The zero-order chi connectivity index (χ0) is 25.7. The third-order valence-corrected chi connectivity index (χ3v) is 6.13. The summed E-state index contributed by atoms with van der Waals surface area (Å²) in [7, 11) is 0. The number of nitrogens with zero attached hydrogens (tertiary/aromatic N) is 2. The van der Waals surface area contributed by atoms with Crippen LogP contribution in [-0.4, -0.2) is 34.6 Å². The fourth-order valence-electron chi connectivity index (χ4n) is 4.34. The third kappa shape index (κ3) is 5.08. The minimum atomic E-state index is -0.402. The Morgan fingerprint density at radius 3 is 2.61 bits per heavy atom. The van der Waals surface area contributed by atoms with Crippen LogP contribution in [0.2, 0.25) is 0 Å². The van der Waals surface area contributed by atoms with Gasteiger partial charge in [0.2, 0.25) is 0 Å². The second kappa shape index (κ2) is 10.8. The molecular formula is C29H28N4O3. The third-order valence-electron chi connectivity index (χ3n) is 6.13. The lowest BCUT2D eigenvalue weighted by molar-refractivity contribution is -0.117. The minimum absolute atomic E-state index is 0.0480. The molecule has 4 rings (SSSR count). The number of aryl methyl sites for hydroxylation is 1. The molecule has 0 aliphatic heterocycles. The molecule has 2 heterocycles. The van der Waals surface area contributed by atoms with Gasteiger partial charge in [0.05, 0.1) is 12.2 Å². The Labute approximate surface area is 210 Å². The predicted molar refractivity (Wildman–Crippen MR) is 140 cm³/mol. The van der Waals surface area contributed by atoms with Crippen molar-refractivity contribution in [2.24, 2.45) is 0 Å². The zero-order valence-corrected chi connectivity index (χ0v) is 20.6. The zero-order valence-electron chi connectivity index (χ0n) is 20.6. The molecule has 7 heteroatoms. The fraction of sp³-hybridized carbons (Fsp3) is 0.207. The van der Waals surface area contributed by atoms with Gasteiger partial charge in [-0.2, -0.15) is 5.26 Å². The van der Waals surface area contributed by atoms with Crippen LogP contribution in [0.1, 0.15) is 39.8 Å². The maximum atomic E-state index is 12.7. The van der Waals surface area contributed by atoms with Gasteiger partial charge in [0.1, 0.15) is 11.6 Å². The summed E-state index contributed by atoms with van der Waals surface area (Å²) in [6.07, 6.45) is 4.23. The molecule has 2 aromatic carbocycles. The number of rotatable bonds is 8. The second-order valence-corrected chi connectivity index (χ2v) is 8.46. The topological polar surface area (TPSA) is 99.9 Å². The Balaban J connectivity index is 1.48. The molecule has 0 unspecified atom stereocenters. The minimum Gasteiger partial charge on any atom is -0.462 e. The normalized spacial score (nSPS) is 11.3. The van der Waals surface area contributed by atoms with Gasteiger partial charge in [-0.15, -0.1) is 0 Å². The fourth-order valence-corrected chi connectivity index (χ4v) is 4.34. The first-order valence-corrected chi connectivity index (χ1v) is 11.8. The van der Waals surface area contributed by atoms with E-state index in [2.05, 4.69) is 10.3 Å². The van der Waals surface area contributed by atoms with Crippen molar-refractivity contribution in [3.8, 4) is 11.8 Å². The van der Waals surface area contributed by atoms with Crippen LogP contribution in [-0.2, 0) is 16.0 Å². The van der Waals surface area contributed by atoms with Gasteiger partial charge >= 0.3 is 5.97 Å². The van der Waals surface area contributed by atoms with Crippen LogP contribution in [0.25, 0.3) is 22.7 Å². The van der Waals surface area contributed by atoms with Gasteiger partial charge < -0.3 is 19.6 Å². The summed E-state index contributed by atoms with van der Waals surface area (Å²) in [6, 6.07) is 19.1. The standard InChI is InChI=1S/C29H28N4O3/c1-4-36-29(35)21-9-11-25(12-10-21)33-19(2)15-23(20(33)3)16-24(17-30)28(34)31-14-13-22-18-32-27-8-6-5-7-26(22)27/h5-12,15-16,18,32H,4,13-14H2,1-3H3,(H,31,34)/b24-16-. The van der Waals surface area contributed by atoms with Crippen LogP contribution < -0.4 is 5.32 Å². The van der Waals surface area contributed by atoms with Crippen molar-refractivity contribution in [2.75, 3.05) is 13.2 Å². The molecule has 2 aromatic heterocycles. The Morgan fingerprint density at radius 1 is 1.14 bits per heavy atom. The smallest absolute Gasteiger partial charge is 0.338 e. The molecule has 0 aliphatic rings. The Morgan fingerprint density at radius 2 is 1.89 bits per heavy atom. The number of aromatic amines is 1.